The Labute approximate surface area is 172 Å². The maximum atomic E-state index is 12.6. The number of hydrogen-bond acceptors (Lipinski definition) is 4. The lowest BCUT2D eigenvalue weighted by atomic mass is 10.1. The first-order valence-corrected chi connectivity index (χ1v) is 9.94. The number of carbonyl (C=O) groups is 1. The average Bonchev–Trinajstić information content (AvgIpc) is 2.70. The van der Waals surface area contributed by atoms with Gasteiger partial charge in [-0.2, -0.15) is 0 Å². The van der Waals surface area contributed by atoms with Crippen LogP contribution in [0.5, 0.6) is 11.5 Å². The predicted molar refractivity (Wildman–Crippen MR) is 118 cm³/mol. The van der Waals surface area contributed by atoms with Crippen LogP contribution >= 0.6 is 0 Å². The van der Waals surface area contributed by atoms with Crippen LogP contribution in [0.25, 0.3) is 10.8 Å². The molecule has 0 fully saturated rings. The van der Waals surface area contributed by atoms with E-state index in [9.17, 15) is 4.79 Å². The molecule has 5 nitrogen and oxygen atoms in total. The van der Waals surface area contributed by atoms with Gasteiger partial charge in [0.2, 0.25) is 5.91 Å². The number of rotatable bonds is 9. The summed E-state index contributed by atoms with van der Waals surface area (Å²) < 4.78 is 11.2. The minimum absolute atomic E-state index is 0.0945. The first-order chi connectivity index (χ1) is 14.1. The summed E-state index contributed by atoms with van der Waals surface area (Å²) in [6.45, 7) is 5.90. The fourth-order valence-corrected chi connectivity index (χ4v) is 3.28. The van der Waals surface area contributed by atoms with Crippen molar-refractivity contribution in [3.63, 3.8) is 0 Å². The zero-order valence-electron chi connectivity index (χ0n) is 17.3. The molecule has 0 aliphatic rings. The lowest BCUT2D eigenvalue weighted by Crippen LogP contribution is -2.30. The number of anilines is 1. The number of fused-ring (bicyclic) bond motifs is 1. The van der Waals surface area contributed by atoms with Crippen molar-refractivity contribution in [1.82, 2.24) is 4.90 Å². The van der Waals surface area contributed by atoms with Crippen LogP contribution in [0.15, 0.2) is 60.7 Å². The predicted octanol–water partition coefficient (Wildman–Crippen LogP) is 4.71. The van der Waals surface area contributed by atoms with Gasteiger partial charge in [0.25, 0.3) is 0 Å². The summed E-state index contributed by atoms with van der Waals surface area (Å²) >= 11 is 0. The average molecular weight is 392 g/mol. The normalized spacial score (nSPS) is 10.9. The molecule has 0 unspecified atom stereocenters. The third-order valence-electron chi connectivity index (χ3n) is 4.52. The summed E-state index contributed by atoms with van der Waals surface area (Å²) in [7, 11) is 1.94. The molecule has 1 amide bonds. The molecule has 3 aromatic rings. The van der Waals surface area contributed by atoms with Gasteiger partial charge in [-0.15, -0.1) is 0 Å². The Hall–Kier alpha value is -3.05. The number of nitrogens with zero attached hydrogens (tertiary/aromatic N) is 1. The van der Waals surface area contributed by atoms with Gasteiger partial charge in [0.1, 0.15) is 11.5 Å². The molecule has 0 bridgehead atoms. The van der Waals surface area contributed by atoms with E-state index in [1.165, 1.54) is 16.3 Å². The van der Waals surface area contributed by atoms with Gasteiger partial charge in [0, 0.05) is 12.6 Å². The first-order valence-electron chi connectivity index (χ1n) is 9.94. The minimum atomic E-state index is -0.0945. The smallest absolute Gasteiger partial charge is 0.238 e. The van der Waals surface area contributed by atoms with Crippen molar-refractivity contribution < 1.29 is 14.3 Å². The van der Waals surface area contributed by atoms with Crippen molar-refractivity contribution in [3.05, 3.63) is 66.2 Å². The summed E-state index contributed by atoms with van der Waals surface area (Å²) in [6, 6.07) is 20.1. The molecule has 3 rings (SSSR count). The molecule has 0 aromatic heterocycles. The van der Waals surface area contributed by atoms with Crippen molar-refractivity contribution in [1.29, 1.82) is 0 Å². The standard InChI is InChI=1S/C24H28N2O3/c1-4-28-21-12-13-23(29-5-2)22(15-21)25-24(27)17-26(3)16-18-10-11-19-8-6-7-9-20(19)14-18/h6-15H,4-5,16-17H2,1-3H3,(H,25,27). The number of hydrogen-bond donors (Lipinski definition) is 1. The highest BCUT2D eigenvalue weighted by Gasteiger charge is 2.12. The molecule has 0 aliphatic heterocycles. The van der Waals surface area contributed by atoms with E-state index in [1.54, 1.807) is 6.07 Å². The molecule has 0 saturated heterocycles. The summed E-state index contributed by atoms with van der Waals surface area (Å²) in [6.07, 6.45) is 0. The van der Waals surface area contributed by atoms with E-state index in [4.69, 9.17) is 9.47 Å². The highest BCUT2D eigenvalue weighted by molar-refractivity contribution is 5.94. The molecule has 3 aromatic carbocycles. The third kappa shape index (κ3) is 5.72. The Morgan fingerprint density at radius 2 is 1.69 bits per heavy atom. The van der Waals surface area contributed by atoms with Crippen molar-refractivity contribution in [2.45, 2.75) is 20.4 Å². The second-order valence-electron chi connectivity index (χ2n) is 6.93. The molecule has 29 heavy (non-hydrogen) atoms. The highest BCUT2D eigenvalue weighted by Crippen LogP contribution is 2.29. The first kappa shape index (κ1) is 20.7. The van der Waals surface area contributed by atoms with Crippen LogP contribution in [-0.2, 0) is 11.3 Å². The van der Waals surface area contributed by atoms with Gasteiger partial charge in [-0.3, -0.25) is 9.69 Å². The Kier molecular flexibility index (Phi) is 7.09. The molecule has 0 saturated carbocycles. The van der Waals surface area contributed by atoms with Crippen molar-refractivity contribution >= 4 is 22.4 Å². The zero-order valence-corrected chi connectivity index (χ0v) is 17.3. The molecule has 0 heterocycles. The van der Waals surface area contributed by atoms with Gasteiger partial charge in [0.05, 0.1) is 25.4 Å². The van der Waals surface area contributed by atoms with E-state index in [0.29, 0.717) is 36.9 Å². The monoisotopic (exact) mass is 392 g/mol. The van der Waals surface area contributed by atoms with Crippen LogP contribution in [0.1, 0.15) is 19.4 Å². The van der Waals surface area contributed by atoms with E-state index in [2.05, 4.69) is 35.6 Å². The fraction of sp³-hybridized carbons (Fsp3) is 0.292. The van der Waals surface area contributed by atoms with Gasteiger partial charge in [-0.25, -0.2) is 0 Å². The van der Waals surface area contributed by atoms with Crippen LogP contribution in [-0.4, -0.2) is 37.6 Å². The molecule has 0 atom stereocenters. The number of benzene rings is 3. The summed E-state index contributed by atoms with van der Waals surface area (Å²) in [5.74, 6) is 1.25. The summed E-state index contributed by atoms with van der Waals surface area (Å²) in [5, 5.41) is 5.38. The quantitative estimate of drug-likeness (QED) is 0.573. The second kappa shape index (κ2) is 9.94. The number of carbonyl (C=O) groups excluding carboxylic acids is 1. The van der Waals surface area contributed by atoms with Crippen LogP contribution in [0, 0.1) is 0 Å². The maximum absolute atomic E-state index is 12.6. The van der Waals surface area contributed by atoms with Crippen LogP contribution in [0.2, 0.25) is 0 Å². The van der Waals surface area contributed by atoms with E-state index in [1.807, 2.05) is 50.1 Å². The lowest BCUT2D eigenvalue weighted by molar-refractivity contribution is -0.117. The lowest BCUT2D eigenvalue weighted by Gasteiger charge is -2.18. The van der Waals surface area contributed by atoms with E-state index in [-0.39, 0.29) is 12.5 Å². The third-order valence-corrected chi connectivity index (χ3v) is 4.52. The van der Waals surface area contributed by atoms with Gasteiger partial charge >= 0.3 is 0 Å². The van der Waals surface area contributed by atoms with Gasteiger partial charge in [-0.1, -0.05) is 36.4 Å². The maximum Gasteiger partial charge on any atom is 0.238 e. The molecule has 0 aliphatic carbocycles. The molecular formula is C24H28N2O3. The molecule has 0 spiro atoms. The molecule has 5 heteroatoms. The van der Waals surface area contributed by atoms with E-state index >= 15 is 0 Å². The van der Waals surface area contributed by atoms with Crippen molar-refractivity contribution in [2.24, 2.45) is 0 Å². The highest BCUT2D eigenvalue weighted by atomic mass is 16.5. The van der Waals surface area contributed by atoms with Gasteiger partial charge < -0.3 is 14.8 Å². The van der Waals surface area contributed by atoms with Crippen LogP contribution in [0.3, 0.4) is 0 Å². The molecular weight excluding hydrogens is 364 g/mol. The minimum Gasteiger partial charge on any atom is -0.494 e. The van der Waals surface area contributed by atoms with Crippen molar-refractivity contribution in [3.8, 4) is 11.5 Å². The fourth-order valence-electron chi connectivity index (χ4n) is 3.28. The van der Waals surface area contributed by atoms with Crippen molar-refractivity contribution in [2.75, 3.05) is 32.1 Å². The number of likely N-dealkylation sites (N-methyl/N-ethyl adjacent to an activating group) is 1. The SMILES string of the molecule is CCOc1ccc(OCC)c(NC(=O)CN(C)Cc2ccc3ccccc3c2)c1. The Balaban J connectivity index is 1.63. The molecule has 1 N–H and O–H groups in total. The summed E-state index contributed by atoms with van der Waals surface area (Å²) in [4.78, 5) is 14.6. The second-order valence-corrected chi connectivity index (χ2v) is 6.93. The van der Waals surface area contributed by atoms with Crippen LogP contribution in [0.4, 0.5) is 5.69 Å². The van der Waals surface area contributed by atoms with E-state index < -0.39 is 0 Å². The molecule has 152 valence electrons. The number of amides is 1. The largest absolute Gasteiger partial charge is 0.494 e. The Morgan fingerprint density at radius 1 is 0.931 bits per heavy atom. The number of nitrogens with one attached hydrogen (secondary N) is 1. The Bertz CT molecular complexity index is 971. The molecule has 0 radical (unpaired) electrons. The Morgan fingerprint density at radius 3 is 2.45 bits per heavy atom. The van der Waals surface area contributed by atoms with E-state index in [0.717, 1.165) is 0 Å². The summed E-state index contributed by atoms with van der Waals surface area (Å²) in [5.41, 5.74) is 1.80. The van der Waals surface area contributed by atoms with Gasteiger partial charge in [-0.05, 0) is 55.4 Å². The van der Waals surface area contributed by atoms with Gasteiger partial charge in [0.15, 0.2) is 0 Å². The van der Waals surface area contributed by atoms with Crippen LogP contribution < -0.4 is 14.8 Å². The topological polar surface area (TPSA) is 50.8 Å². The zero-order chi connectivity index (χ0) is 20.6. The number of ether oxygens (including phenoxy) is 2.